The van der Waals surface area contributed by atoms with Crippen LogP contribution in [0.4, 0.5) is 4.79 Å². The lowest BCUT2D eigenvalue weighted by atomic mass is 10.3. The highest BCUT2D eigenvalue weighted by Gasteiger charge is 2.27. The van der Waals surface area contributed by atoms with Gasteiger partial charge >= 0.3 is 6.09 Å². The van der Waals surface area contributed by atoms with Crippen LogP contribution in [0.5, 0.6) is 11.8 Å². The predicted molar refractivity (Wildman–Crippen MR) is 109 cm³/mol. The summed E-state index contributed by atoms with van der Waals surface area (Å²) in [6.07, 6.45) is 2.37. The van der Waals surface area contributed by atoms with Crippen molar-refractivity contribution in [2.75, 3.05) is 26.2 Å². The third kappa shape index (κ3) is 3.15. The summed E-state index contributed by atoms with van der Waals surface area (Å²) in [6.45, 7) is 2.40. The van der Waals surface area contributed by atoms with Crippen molar-refractivity contribution >= 4 is 39.8 Å². The van der Waals surface area contributed by atoms with E-state index in [2.05, 4.69) is 25.3 Å². The van der Waals surface area contributed by atoms with Crippen molar-refractivity contribution in [3.63, 3.8) is 0 Å². The van der Waals surface area contributed by atoms with Gasteiger partial charge in [0.2, 0.25) is 11.8 Å². The molecule has 0 aromatic carbocycles. The molecule has 11 heteroatoms. The van der Waals surface area contributed by atoms with Crippen LogP contribution >= 0.6 is 11.6 Å². The maximum atomic E-state index is 12.7. The Hall–Kier alpha value is -3.50. The van der Waals surface area contributed by atoms with E-state index < -0.39 is 6.09 Å². The zero-order valence-corrected chi connectivity index (χ0v) is 16.4. The maximum Gasteiger partial charge on any atom is 0.416 e. The van der Waals surface area contributed by atoms with Gasteiger partial charge in [-0.1, -0.05) is 11.6 Å². The van der Waals surface area contributed by atoms with Gasteiger partial charge in [-0.2, -0.15) is 0 Å². The molecule has 0 unspecified atom stereocenters. The van der Waals surface area contributed by atoms with Crippen LogP contribution in [0.15, 0.2) is 36.7 Å². The lowest BCUT2D eigenvalue weighted by Crippen LogP contribution is -2.47. The Bertz CT molecular complexity index is 1270. The molecule has 1 fully saturated rings. The highest BCUT2D eigenvalue weighted by Crippen LogP contribution is 2.37. The Kier molecular flexibility index (Phi) is 4.57. The maximum absolute atomic E-state index is 12.7. The largest absolute Gasteiger partial charge is 0.493 e. The first-order chi connectivity index (χ1) is 14.6. The summed E-state index contributed by atoms with van der Waals surface area (Å²) in [6, 6.07) is 6.93. The molecule has 5 rings (SSSR count). The Morgan fingerprint density at radius 1 is 1.07 bits per heavy atom. The van der Waals surface area contributed by atoms with Crippen molar-refractivity contribution in [2.24, 2.45) is 0 Å². The molecule has 0 saturated carbocycles. The molecule has 5 heterocycles. The average Bonchev–Trinajstić information content (AvgIpc) is 3.05. The van der Waals surface area contributed by atoms with Gasteiger partial charge in [0.1, 0.15) is 11.0 Å². The number of amides is 1. The van der Waals surface area contributed by atoms with Gasteiger partial charge in [0.15, 0.2) is 16.7 Å². The highest BCUT2D eigenvalue weighted by molar-refractivity contribution is 6.29. The van der Waals surface area contributed by atoms with E-state index in [1.165, 1.54) is 17.0 Å². The minimum atomic E-state index is -0.537. The number of rotatable bonds is 2. The number of carbonyl (C=O) groups is 1. The third-order valence-corrected chi connectivity index (χ3v) is 5.03. The Labute approximate surface area is 175 Å². The molecule has 4 aromatic rings. The zero-order valence-electron chi connectivity index (χ0n) is 15.6. The molecule has 1 aliphatic heterocycles. The lowest BCUT2D eigenvalue weighted by molar-refractivity contribution is 0.143. The number of aromatic hydroxyl groups is 1. The van der Waals surface area contributed by atoms with Crippen LogP contribution in [-0.4, -0.2) is 66.8 Å². The Morgan fingerprint density at radius 3 is 2.60 bits per heavy atom. The Morgan fingerprint density at radius 2 is 1.80 bits per heavy atom. The van der Waals surface area contributed by atoms with Crippen LogP contribution in [0.1, 0.15) is 0 Å². The van der Waals surface area contributed by atoms with Crippen LogP contribution in [0.25, 0.3) is 27.9 Å². The molecule has 30 heavy (non-hydrogen) atoms. The average molecular weight is 426 g/mol. The van der Waals surface area contributed by atoms with Crippen molar-refractivity contribution < 1.29 is 14.6 Å². The molecule has 1 aliphatic rings. The number of nitrogens with zero attached hydrogens (tertiary/aromatic N) is 6. The summed E-state index contributed by atoms with van der Waals surface area (Å²) in [5.74, 6) is 0.0841. The summed E-state index contributed by atoms with van der Waals surface area (Å²) in [7, 11) is 0. The molecule has 0 bridgehead atoms. The van der Waals surface area contributed by atoms with E-state index in [0.29, 0.717) is 37.0 Å². The topological polar surface area (TPSA) is 118 Å². The summed E-state index contributed by atoms with van der Waals surface area (Å²) in [4.78, 5) is 31.4. The van der Waals surface area contributed by atoms with E-state index in [1.807, 2.05) is 0 Å². The number of hydrogen-bond acceptors (Lipinski definition) is 8. The van der Waals surface area contributed by atoms with Crippen molar-refractivity contribution in [1.82, 2.24) is 34.7 Å². The number of aromatic nitrogens is 5. The lowest BCUT2D eigenvalue weighted by Gasteiger charge is -2.26. The minimum Gasteiger partial charge on any atom is -0.493 e. The number of piperazine rings is 1. The zero-order chi connectivity index (χ0) is 20.7. The smallest absolute Gasteiger partial charge is 0.416 e. The normalized spacial score (nSPS) is 14.4. The van der Waals surface area contributed by atoms with Crippen LogP contribution in [0.3, 0.4) is 0 Å². The van der Waals surface area contributed by atoms with Crippen molar-refractivity contribution in [3.8, 4) is 17.6 Å². The summed E-state index contributed by atoms with van der Waals surface area (Å²) in [5.41, 5.74) is 0.832. The quantitative estimate of drug-likeness (QED) is 0.469. The molecular weight excluding hydrogens is 410 g/mol. The standard InChI is InChI=1S/C19H16ClN7O3/c20-12-3-1-11-2-4-13(25-16(11)24-12)27-17(28)14-15(23-6-5-22-14)18(27)30-19(29)26-9-7-21-8-10-26/h1-6,21,28H,7-10H2. The third-order valence-electron chi connectivity index (χ3n) is 4.82. The van der Waals surface area contributed by atoms with E-state index in [0.717, 1.165) is 5.39 Å². The van der Waals surface area contributed by atoms with Gasteiger partial charge in [-0.3, -0.25) is 0 Å². The second-order valence-electron chi connectivity index (χ2n) is 6.67. The fourth-order valence-corrected chi connectivity index (χ4v) is 3.50. The molecule has 4 aromatic heterocycles. The van der Waals surface area contributed by atoms with Gasteiger partial charge in [0.05, 0.1) is 0 Å². The number of nitrogens with one attached hydrogen (secondary N) is 1. The van der Waals surface area contributed by atoms with Crippen molar-refractivity contribution in [2.45, 2.75) is 0 Å². The van der Waals surface area contributed by atoms with Crippen LogP contribution in [0.2, 0.25) is 5.15 Å². The second kappa shape index (κ2) is 7.39. The number of fused-ring (bicyclic) bond motifs is 2. The van der Waals surface area contributed by atoms with Crippen molar-refractivity contribution in [3.05, 3.63) is 41.8 Å². The van der Waals surface area contributed by atoms with Gasteiger partial charge in [0.25, 0.3) is 0 Å². The van der Waals surface area contributed by atoms with Crippen molar-refractivity contribution in [1.29, 1.82) is 0 Å². The number of pyridine rings is 2. The molecule has 0 radical (unpaired) electrons. The minimum absolute atomic E-state index is 0.0352. The summed E-state index contributed by atoms with van der Waals surface area (Å²) >= 11 is 5.99. The highest BCUT2D eigenvalue weighted by atomic mass is 35.5. The molecule has 10 nitrogen and oxygen atoms in total. The van der Waals surface area contributed by atoms with Gasteiger partial charge in [-0.05, 0) is 24.3 Å². The summed E-state index contributed by atoms with van der Waals surface area (Å²) in [5, 5.41) is 15.1. The first-order valence-corrected chi connectivity index (χ1v) is 9.65. The van der Waals surface area contributed by atoms with E-state index in [9.17, 15) is 9.90 Å². The van der Waals surface area contributed by atoms with Gasteiger partial charge in [-0.15, -0.1) is 0 Å². The molecule has 1 saturated heterocycles. The van der Waals surface area contributed by atoms with Gasteiger partial charge in [-0.25, -0.2) is 29.3 Å². The van der Waals surface area contributed by atoms with Gasteiger partial charge in [0, 0.05) is 44.0 Å². The Balaban J connectivity index is 1.65. The molecule has 0 atom stereocenters. The van der Waals surface area contributed by atoms with E-state index in [-0.39, 0.29) is 28.6 Å². The van der Waals surface area contributed by atoms with Crippen LogP contribution < -0.4 is 10.1 Å². The molecule has 2 N–H and O–H groups in total. The van der Waals surface area contributed by atoms with E-state index >= 15 is 0 Å². The fraction of sp³-hybridized carbons (Fsp3) is 0.211. The first-order valence-electron chi connectivity index (χ1n) is 9.27. The fourth-order valence-electron chi connectivity index (χ4n) is 3.36. The second-order valence-corrected chi connectivity index (χ2v) is 7.06. The molecule has 0 aliphatic carbocycles. The first kappa shape index (κ1) is 18.5. The SMILES string of the molecule is O=C(Oc1c2nccnc2c(O)n1-c1ccc2ccc(Cl)nc2n1)N1CCNCC1. The molecule has 152 valence electrons. The van der Waals surface area contributed by atoms with E-state index in [4.69, 9.17) is 16.3 Å². The number of ether oxygens (including phenoxy) is 1. The number of halogens is 1. The predicted octanol–water partition coefficient (Wildman–Crippen LogP) is 2.13. The summed E-state index contributed by atoms with van der Waals surface area (Å²) < 4.78 is 6.98. The van der Waals surface area contributed by atoms with Crippen LogP contribution in [-0.2, 0) is 0 Å². The number of carbonyl (C=O) groups excluding carboxylic acids is 1. The monoisotopic (exact) mass is 425 g/mol. The van der Waals surface area contributed by atoms with Crippen LogP contribution in [0, 0.1) is 0 Å². The van der Waals surface area contributed by atoms with E-state index in [1.54, 1.807) is 29.2 Å². The van der Waals surface area contributed by atoms with Gasteiger partial charge < -0.3 is 20.1 Å². The number of hydrogen-bond donors (Lipinski definition) is 2. The molecular formula is C19H16ClN7O3. The molecule has 0 spiro atoms. The molecule has 1 amide bonds.